The van der Waals surface area contributed by atoms with Gasteiger partial charge in [-0.15, -0.1) is 0 Å². The number of carbonyl (C=O) groups is 3. The Bertz CT molecular complexity index is 746. The van der Waals surface area contributed by atoms with Crippen LogP contribution in [0.1, 0.15) is 10.4 Å². The SMILES string of the molecule is CN(C(=O)c1ccc(-c2ccccc2)cc1)C(C(=O)NO)C(=O)NO. The fourth-order valence-corrected chi connectivity index (χ4v) is 2.35. The summed E-state index contributed by atoms with van der Waals surface area (Å²) >= 11 is 0. The highest BCUT2D eigenvalue weighted by Gasteiger charge is 2.34. The molecule has 0 aromatic heterocycles. The summed E-state index contributed by atoms with van der Waals surface area (Å²) in [5, 5.41) is 17.4. The van der Waals surface area contributed by atoms with E-state index < -0.39 is 23.8 Å². The molecule has 2 aromatic carbocycles. The molecule has 0 unspecified atom stereocenters. The van der Waals surface area contributed by atoms with Crippen LogP contribution in [-0.2, 0) is 9.59 Å². The molecule has 0 aliphatic carbocycles. The second-order valence-electron chi connectivity index (χ2n) is 5.21. The average Bonchev–Trinajstić information content (AvgIpc) is 2.67. The van der Waals surface area contributed by atoms with Crippen molar-refractivity contribution in [2.24, 2.45) is 0 Å². The highest BCUT2D eigenvalue weighted by Crippen LogP contribution is 2.20. The lowest BCUT2D eigenvalue weighted by Gasteiger charge is -2.24. The zero-order valence-electron chi connectivity index (χ0n) is 13.3. The molecule has 2 aromatic rings. The van der Waals surface area contributed by atoms with Gasteiger partial charge in [-0.2, -0.15) is 0 Å². The summed E-state index contributed by atoms with van der Waals surface area (Å²) in [7, 11) is 1.21. The number of likely N-dealkylation sites (N-methyl/N-ethyl adjacent to an activating group) is 1. The molecular formula is C17H17N3O5. The van der Waals surface area contributed by atoms with E-state index in [0.29, 0.717) is 0 Å². The van der Waals surface area contributed by atoms with E-state index >= 15 is 0 Å². The first-order chi connectivity index (χ1) is 12.0. The van der Waals surface area contributed by atoms with Gasteiger partial charge in [0, 0.05) is 12.6 Å². The van der Waals surface area contributed by atoms with E-state index in [1.54, 1.807) is 24.3 Å². The molecule has 0 saturated heterocycles. The quantitative estimate of drug-likeness (QED) is 0.364. The molecule has 2 rings (SSSR count). The van der Waals surface area contributed by atoms with Crippen molar-refractivity contribution in [2.75, 3.05) is 7.05 Å². The molecule has 0 bridgehead atoms. The van der Waals surface area contributed by atoms with Crippen LogP contribution < -0.4 is 11.0 Å². The van der Waals surface area contributed by atoms with Crippen LogP contribution in [0, 0.1) is 0 Å². The summed E-state index contributed by atoms with van der Waals surface area (Å²) in [5.41, 5.74) is 4.71. The van der Waals surface area contributed by atoms with Crippen LogP contribution in [0.5, 0.6) is 0 Å². The lowest BCUT2D eigenvalue weighted by Crippen LogP contribution is -2.54. The third kappa shape index (κ3) is 4.00. The maximum atomic E-state index is 12.5. The van der Waals surface area contributed by atoms with Crippen molar-refractivity contribution < 1.29 is 24.8 Å². The molecule has 4 N–H and O–H groups in total. The summed E-state index contributed by atoms with van der Waals surface area (Å²) < 4.78 is 0. The van der Waals surface area contributed by atoms with E-state index in [9.17, 15) is 14.4 Å². The predicted molar refractivity (Wildman–Crippen MR) is 87.6 cm³/mol. The van der Waals surface area contributed by atoms with Crippen molar-refractivity contribution in [3.63, 3.8) is 0 Å². The number of hydrogen-bond donors (Lipinski definition) is 4. The van der Waals surface area contributed by atoms with Crippen molar-refractivity contribution in [1.29, 1.82) is 0 Å². The zero-order valence-corrected chi connectivity index (χ0v) is 13.3. The van der Waals surface area contributed by atoms with Crippen LogP contribution in [0.2, 0.25) is 0 Å². The van der Waals surface area contributed by atoms with E-state index in [0.717, 1.165) is 16.0 Å². The minimum atomic E-state index is -1.73. The Kier molecular flexibility index (Phi) is 5.83. The van der Waals surface area contributed by atoms with Gasteiger partial charge in [-0.1, -0.05) is 42.5 Å². The van der Waals surface area contributed by atoms with E-state index in [4.69, 9.17) is 10.4 Å². The maximum absolute atomic E-state index is 12.5. The first-order valence-corrected chi connectivity index (χ1v) is 7.30. The van der Waals surface area contributed by atoms with E-state index in [-0.39, 0.29) is 5.56 Å². The standard InChI is InChI=1S/C17H17N3O5/c1-20(14(15(21)18-24)16(22)19-25)17(23)13-9-7-12(8-10-13)11-5-3-2-4-6-11/h2-10,14,24-25H,1H3,(H,18,21)(H,19,22). The average molecular weight is 343 g/mol. The number of benzene rings is 2. The molecule has 8 heteroatoms. The fraction of sp³-hybridized carbons (Fsp3) is 0.118. The number of rotatable bonds is 5. The maximum Gasteiger partial charge on any atom is 0.276 e. The van der Waals surface area contributed by atoms with Crippen LogP contribution in [0.15, 0.2) is 54.6 Å². The minimum absolute atomic E-state index is 0.240. The Labute approximate surface area is 143 Å². The van der Waals surface area contributed by atoms with Gasteiger partial charge in [-0.3, -0.25) is 24.8 Å². The Morgan fingerprint density at radius 3 is 1.80 bits per heavy atom. The third-order valence-electron chi connectivity index (χ3n) is 3.66. The molecule has 0 spiro atoms. The Balaban J connectivity index is 2.24. The molecule has 0 heterocycles. The predicted octanol–water partition coefficient (Wildman–Crippen LogP) is 0.805. The summed E-state index contributed by atoms with van der Waals surface area (Å²) in [6.45, 7) is 0. The highest BCUT2D eigenvalue weighted by atomic mass is 16.5. The van der Waals surface area contributed by atoms with Crippen molar-refractivity contribution in [3.8, 4) is 11.1 Å². The number of hydroxylamine groups is 2. The number of nitrogens with zero attached hydrogens (tertiary/aromatic N) is 1. The van der Waals surface area contributed by atoms with Crippen LogP contribution in [0.3, 0.4) is 0 Å². The van der Waals surface area contributed by atoms with Gasteiger partial charge in [0.05, 0.1) is 0 Å². The largest absolute Gasteiger partial charge is 0.321 e. The normalized spacial score (nSPS) is 10.2. The molecule has 8 nitrogen and oxygen atoms in total. The number of hydrogen-bond acceptors (Lipinski definition) is 5. The van der Waals surface area contributed by atoms with Crippen molar-refractivity contribution in [1.82, 2.24) is 15.9 Å². The molecule has 130 valence electrons. The van der Waals surface area contributed by atoms with Gasteiger partial charge in [0.1, 0.15) is 0 Å². The summed E-state index contributed by atoms with van der Waals surface area (Å²) in [6, 6.07) is 14.4. The summed E-state index contributed by atoms with van der Waals surface area (Å²) in [4.78, 5) is 36.5. The molecule has 0 atom stereocenters. The summed E-state index contributed by atoms with van der Waals surface area (Å²) in [5.74, 6) is -2.93. The number of amides is 3. The highest BCUT2D eigenvalue weighted by molar-refractivity contribution is 6.08. The first-order valence-electron chi connectivity index (χ1n) is 7.30. The summed E-state index contributed by atoms with van der Waals surface area (Å²) in [6.07, 6.45) is 0. The zero-order chi connectivity index (χ0) is 18.4. The molecule has 0 fully saturated rings. The van der Waals surface area contributed by atoms with Crippen LogP contribution in [0.25, 0.3) is 11.1 Å². The van der Waals surface area contributed by atoms with Gasteiger partial charge in [0.2, 0.25) is 0 Å². The minimum Gasteiger partial charge on any atom is -0.321 e. The first kappa shape index (κ1) is 18.1. The number of nitrogens with one attached hydrogen (secondary N) is 2. The Hall–Kier alpha value is -3.23. The van der Waals surface area contributed by atoms with Crippen LogP contribution in [0.4, 0.5) is 0 Å². The topological polar surface area (TPSA) is 119 Å². The molecule has 3 amide bonds. The second kappa shape index (κ2) is 8.04. The van der Waals surface area contributed by atoms with Crippen LogP contribution in [-0.4, -0.2) is 46.1 Å². The van der Waals surface area contributed by atoms with Gasteiger partial charge in [-0.25, -0.2) is 11.0 Å². The number of carbonyl (C=O) groups excluding carboxylic acids is 3. The second-order valence-corrected chi connectivity index (χ2v) is 5.21. The molecule has 0 saturated carbocycles. The van der Waals surface area contributed by atoms with E-state index in [2.05, 4.69) is 0 Å². The molecule has 0 aliphatic heterocycles. The van der Waals surface area contributed by atoms with Gasteiger partial charge < -0.3 is 4.90 Å². The van der Waals surface area contributed by atoms with Gasteiger partial charge >= 0.3 is 0 Å². The van der Waals surface area contributed by atoms with E-state index in [1.165, 1.54) is 18.0 Å². The lowest BCUT2D eigenvalue weighted by molar-refractivity contribution is -0.145. The molecule has 25 heavy (non-hydrogen) atoms. The van der Waals surface area contributed by atoms with Crippen molar-refractivity contribution in [2.45, 2.75) is 6.04 Å². The van der Waals surface area contributed by atoms with E-state index in [1.807, 2.05) is 30.3 Å². The van der Waals surface area contributed by atoms with Crippen molar-refractivity contribution in [3.05, 3.63) is 60.2 Å². The third-order valence-corrected chi connectivity index (χ3v) is 3.66. The Morgan fingerprint density at radius 1 is 0.840 bits per heavy atom. The van der Waals surface area contributed by atoms with Gasteiger partial charge in [0.25, 0.3) is 17.7 Å². The molecule has 0 aliphatic rings. The smallest absolute Gasteiger partial charge is 0.276 e. The van der Waals surface area contributed by atoms with Gasteiger partial charge in [0.15, 0.2) is 6.04 Å². The lowest BCUT2D eigenvalue weighted by atomic mass is 10.0. The molecular weight excluding hydrogens is 326 g/mol. The molecule has 0 radical (unpaired) electrons. The monoisotopic (exact) mass is 343 g/mol. The van der Waals surface area contributed by atoms with Crippen molar-refractivity contribution >= 4 is 17.7 Å². The van der Waals surface area contributed by atoms with Crippen LogP contribution >= 0.6 is 0 Å². The fourth-order valence-electron chi connectivity index (χ4n) is 2.35. The van der Waals surface area contributed by atoms with Gasteiger partial charge in [-0.05, 0) is 23.3 Å². The Morgan fingerprint density at radius 2 is 1.32 bits per heavy atom.